The Balaban J connectivity index is 1.73. The van der Waals surface area contributed by atoms with Crippen LogP contribution < -0.4 is 4.90 Å². The molecule has 39 heavy (non-hydrogen) atoms. The number of carboxylic acid groups (broad SMARTS) is 1. The molecule has 0 saturated heterocycles. The van der Waals surface area contributed by atoms with Crippen LogP contribution in [-0.2, 0) is 10.0 Å². The van der Waals surface area contributed by atoms with E-state index in [0.29, 0.717) is 23.5 Å². The second-order valence-corrected chi connectivity index (χ2v) is 12.4. The Labute approximate surface area is 232 Å². The van der Waals surface area contributed by atoms with Crippen molar-refractivity contribution in [2.24, 2.45) is 5.92 Å². The smallest absolute Gasteiger partial charge is 0.338 e. The second-order valence-electron chi connectivity index (χ2n) is 10.1. The summed E-state index contributed by atoms with van der Waals surface area (Å²) in [6.45, 7) is 0.373. The first-order valence-corrected chi connectivity index (χ1v) is 14.6. The molecule has 1 fully saturated rings. The molecule has 10 heteroatoms. The Morgan fingerprint density at radius 3 is 2.54 bits per heavy atom. The summed E-state index contributed by atoms with van der Waals surface area (Å²) in [4.78, 5) is 13.5. The monoisotopic (exact) mass is 567 g/mol. The molecule has 0 spiro atoms. The highest BCUT2D eigenvalue weighted by atomic mass is 35.5. The van der Waals surface area contributed by atoms with Crippen LogP contribution in [0.25, 0.3) is 11.1 Å². The molecule has 7 nitrogen and oxygen atoms in total. The number of aromatic carboxylic acids is 1. The number of hydrogen-bond donors (Lipinski definition) is 1. The third-order valence-corrected chi connectivity index (χ3v) is 10.0. The minimum Gasteiger partial charge on any atom is -0.478 e. The molecular weight excluding hydrogens is 541 g/mol. The fourth-order valence-corrected chi connectivity index (χ4v) is 7.60. The predicted octanol–water partition coefficient (Wildman–Crippen LogP) is 6.44. The molecule has 0 radical (unpaired) electrons. The Kier molecular flexibility index (Phi) is 7.38. The van der Waals surface area contributed by atoms with Gasteiger partial charge in [-0.05, 0) is 66.8 Å². The molecule has 3 aromatic carbocycles. The van der Waals surface area contributed by atoms with E-state index in [1.807, 2.05) is 11.0 Å². The van der Waals surface area contributed by atoms with E-state index >= 15 is 0 Å². The summed E-state index contributed by atoms with van der Waals surface area (Å²) in [7, 11) is -2.42. The largest absolute Gasteiger partial charge is 0.478 e. The van der Waals surface area contributed by atoms with Crippen molar-refractivity contribution in [3.05, 3.63) is 76.6 Å². The molecule has 1 N–H and O–H groups in total. The zero-order chi connectivity index (χ0) is 27.9. The summed E-state index contributed by atoms with van der Waals surface area (Å²) >= 11 is 6.72. The van der Waals surface area contributed by atoms with Crippen LogP contribution in [0.2, 0.25) is 5.02 Å². The number of anilines is 2. The van der Waals surface area contributed by atoms with Crippen LogP contribution in [0.5, 0.6) is 0 Å². The van der Waals surface area contributed by atoms with Crippen LogP contribution in [0.4, 0.5) is 15.8 Å². The Bertz CT molecular complexity index is 1600. The fraction of sp³-hybridized carbons (Fsp3) is 0.310. The summed E-state index contributed by atoms with van der Waals surface area (Å²) in [6, 6.07) is 15.4. The molecule has 3 aromatic rings. The van der Waals surface area contributed by atoms with Gasteiger partial charge in [-0.2, -0.15) is 9.57 Å². The molecule has 1 saturated carbocycles. The molecule has 1 aliphatic carbocycles. The molecule has 0 bridgehead atoms. The number of hydrogen-bond acceptors (Lipinski definition) is 5. The Morgan fingerprint density at radius 2 is 1.85 bits per heavy atom. The van der Waals surface area contributed by atoms with Crippen molar-refractivity contribution in [2.75, 3.05) is 18.5 Å². The van der Waals surface area contributed by atoms with Crippen LogP contribution in [0, 0.1) is 23.1 Å². The molecule has 1 aliphatic heterocycles. The number of benzene rings is 3. The molecule has 1 atom stereocenters. The van der Waals surface area contributed by atoms with Gasteiger partial charge in [-0.3, -0.25) is 0 Å². The first-order valence-electron chi connectivity index (χ1n) is 12.7. The van der Waals surface area contributed by atoms with E-state index in [-0.39, 0.29) is 33.0 Å². The summed E-state index contributed by atoms with van der Waals surface area (Å²) in [6.07, 6.45) is 5.05. The molecular formula is C29H27ClFN3O4S. The highest BCUT2D eigenvalue weighted by Gasteiger charge is 2.41. The van der Waals surface area contributed by atoms with Gasteiger partial charge in [0.25, 0.3) is 0 Å². The van der Waals surface area contributed by atoms with Crippen molar-refractivity contribution in [3.63, 3.8) is 0 Å². The number of nitriles is 1. The number of rotatable bonds is 4. The molecule has 1 heterocycles. The number of nitrogens with zero attached hydrogens (tertiary/aromatic N) is 3. The number of fused-ring (bicyclic) bond motifs is 1. The van der Waals surface area contributed by atoms with E-state index in [2.05, 4.69) is 6.07 Å². The van der Waals surface area contributed by atoms with Crippen LogP contribution in [0.15, 0.2) is 59.5 Å². The zero-order valence-electron chi connectivity index (χ0n) is 21.3. The van der Waals surface area contributed by atoms with Gasteiger partial charge in [0, 0.05) is 30.9 Å². The number of carboxylic acids is 1. The first kappa shape index (κ1) is 27.1. The standard InChI is InChI=1S/C29H27ClFN3O4S/c1-33-27(19-7-3-2-4-8-19)17-34(21-9-5-6-18(12-21)16-32)26-15-24(30)22(14-28(26)39(33,37)38)20-10-11-25(31)23(13-20)29(35)36/h5-6,9-15,19,27H,2-4,7-8,17H2,1H3,(H,35,36)/t27-/m0/s1. The topological polar surface area (TPSA) is 102 Å². The summed E-state index contributed by atoms with van der Waals surface area (Å²) in [5.74, 6) is -2.17. The van der Waals surface area contributed by atoms with Crippen molar-refractivity contribution >= 4 is 39.0 Å². The third kappa shape index (κ3) is 5.00. The highest BCUT2D eigenvalue weighted by molar-refractivity contribution is 7.89. The number of sulfonamides is 1. The van der Waals surface area contributed by atoms with Crippen LogP contribution in [0.3, 0.4) is 0 Å². The lowest BCUT2D eigenvalue weighted by Crippen LogP contribution is -2.46. The lowest BCUT2D eigenvalue weighted by Gasteiger charge is -2.36. The molecule has 5 rings (SSSR count). The van der Waals surface area contributed by atoms with Crippen molar-refractivity contribution in [3.8, 4) is 17.2 Å². The lowest BCUT2D eigenvalue weighted by atomic mass is 9.83. The zero-order valence-corrected chi connectivity index (χ0v) is 22.8. The van der Waals surface area contributed by atoms with Gasteiger partial charge in [-0.15, -0.1) is 0 Å². The number of likely N-dealkylation sites (N-methyl/N-ethyl adjacent to an activating group) is 1. The maximum Gasteiger partial charge on any atom is 0.338 e. The van der Waals surface area contributed by atoms with Gasteiger partial charge in [0.05, 0.1) is 27.9 Å². The van der Waals surface area contributed by atoms with Gasteiger partial charge < -0.3 is 10.0 Å². The average Bonchev–Trinajstić information content (AvgIpc) is 3.01. The molecule has 0 aromatic heterocycles. The van der Waals surface area contributed by atoms with E-state index in [1.165, 1.54) is 16.4 Å². The van der Waals surface area contributed by atoms with Crippen molar-refractivity contribution in [1.82, 2.24) is 4.31 Å². The molecule has 0 amide bonds. The maximum atomic E-state index is 14.2. The second kappa shape index (κ2) is 10.6. The average molecular weight is 568 g/mol. The molecule has 202 valence electrons. The van der Waals surface area contributed by atoms with Gasteiger partial charge in [0.2, 0.25) is 10.0 Å². The minimum atomic E-state index is -4.02. The van der Waals surface area contributed by atoms with Crippen molar-refractivity contribution in [1.29, 1.82) is 5.26 Å². The van der Waals surface area contributed by atoms with Crippen LogP contribution in [0.1, 0.15) is 48.0 Å². The lowest BCUT2D eigenvalue weighted by molar-refractivity contribution is 0.0692. The van der Waals surface area contributed by atoms with E-state index in [9.17, 15) is 28.0 Å². The van der Waals surface area contributed by atoms with Crippen LogP contribution in [-0.4, -0.2) is 43.4 Å². The Hall–Kier alpha value is -3.45. The van der Waals surface area contributed by atoms with Gasteiger partial charge in [-0.25, -0.2) is 17.6 Å². The maximum absolute atomic E-state index is 14.2. The van der Waals surface area contributed by atoms with E-state index in [4.69, 9.17) is 11.6 Å². The summed E-state index contributed by atoms with van der Waals surface area (Å²) < 4.78 is 43.9. The fourth-order valence-electron chi connectivity index (χ4n) is 5.72. The van der Waals surface area contributed by atoms with Crippen molar-refractivity contribution in [2.45, 2.75) is 43.0 Å². The normalized spacial score (nSPS) is 19.6. The van der Waals surface area contributed by atoms with Gasteiger partial charge >= 0.3 is 5.97 Å². The molecule has 0 unspecified atom stereocenters. The molecule has 2 aliphatic rings. The van der Waals surface area contributed by atoms with Crippen molar-refractivity contribution < 1.29 is 22.7 Å². The summed E-state index contributed by atoms with van der Waals surface area (Å²) in [5.41, 5.74) is 1.50. The SMILES string of the molecule is CN1[C@H](C2CCCCC2)CN(c2cccc(C#N)c2)c2cc(Cl)c(-c3ccc(F)c(C(=O)O)c3)cc2S1(=O)=O. The van der Waals surface area contributed by atoms with E-state index < -0.39 is 27.4 Å². The minimum absolute atomic E-state index is 0.00581. The third-order valence-electron chi connectivity index (χ3n) is 7.82. The number of carbonyl (C=O) groups is 1. The summed E-state index contributed by atoms with van der Waals surface area (Å²) in [5, 5.41) is 19.1. The van der Waals surface area contributed by atoms with Gasteiger partial charge in [0.1, 0.15) is 10.7 Å². The predicted molar refractivity (Wildman–Crippen MR) is 147 cm³/mol. The highest BCUT2D eigenvalue weighted by Crippen LogP contribution is 2.44. The van der Waals surface area contributed by atoms with Gasteiger partial charge in [0.15, 0.2) is 0 Å². The van der Waals surface area contributed by atoms with Crippen LogP contribution >= 0.6 is 11.6 Å². The van der Waals surface area contributed by atoms with E-state index in [0.717, 1.165) is 44.2 Å². The first-order chi connectivity index (χ1) is 18.6. The van der Waals surface area contributed by atoms with E-state index in [1.54, 1.807) is 31.3 Å². The quantitative estimate of drug-likeness (QED) is 0.389. The number of halogens is 2. The van der Waals surface area contributed by atoms with Gasteiger partial charge in [-0.1, -0.05) is 43.0 Å². The Morgan fingerprint density at radius 1 is 1.10 bits per heavy atom.